The van der Waals surface area contributed by atoms with Crippen LogP contribution in [0.3, 0.4) is 0 Å². The van der Waals surface area contributed by atoms with Gasteiger partial charge in [-0.25, -0.2) is 13.4 Å². The SMILES string of the molecule is O=C(Nc1ccccc1)[C@]1(CCS(=O)(=O)c2ccccc2)N=C(c2ccc(OCCCO)cc2)O[C@@H]1c1ccc(-c2ccccc2)cc1. The number of rotatable bonds is 13. The zero-order chi connectivity index (χ0) is 33.4. The van der Waals surface area contributed by atoms with Gasteiger partial charge >= 0.3 is 0 Å². The zero-order valence-electron chi connectivity index (χ0n) is 26.2. The minimum atomic E-state index is -3.78. The highest BCUT2D eigenvalue weighted by molar-refractivity contribution is 7.91. The lowest BCUT2D eigenvalue weighted by atomic mass is 9.84. The molecular weight excluding hydrogens is 625 g/mol. The van der Waals surface area contributed by atoms with Crippen LogP contribution in [0, 0.1) is 0 Å². The van der Waals surface area contributed by atoms with Crippen LogP contribution in [0.4, 0.5) is 5.69 Å². The average Bonchev–Trinajstić information content (AvgIpc) is 3.53. The lowest BCUT2D eigenvalue weighted by molar-refractivity contribution is -0.123. The normalized spacial score (nSPS) is 17.3. The second kappa shape index (κ2) is 14.7. The third-order valence-electron chi connectivity index (χ3n) is 8.24. The van der Waals surface area contributed by atoms with Crippen molar-refractivity contribution in [3.05, 3.63) is 151 Å². The summed E-state index contributed by atoms with van der Waals surface area (Å²) in [4.78, 5) is 19.7. The second-order valence-corrected chi connectivity index (χ2v) is 13.6. The van der Waals surface area contributed by atoms with Crippen molar-refractivity contribution in [1.29, 1.82) is 0 Å². The molecule has 8 nitrogen and oxygen atoms in total. The number of aliphatic hydroxyl groups is 1. The molecule has 0 radical (unpaired) electrons. The van der Waals surface area contributed by atoms with Crippen molar-refractivity contribution < 1.29 is 27.8 Å². The van der Waals surface area contributed by atoms with Crippen molar-refractivity contribution in [3.63, 3.8) is 0 Å². The van der Waals surface area contributed by atoms with Gasteiger partial charge in [0.2, 0.25) is 5.90 Å². The summed E-state index contributed by atoms with van der Waals surface area (Å²) in [6, 6.07) is 42.0. The van der Waals surface area contributed by atoms with E-state index >= 15 is 0 Å². The monoisotopic (exact) mass is 660 g/mol. The molecule has 5 aromatic rings. The Labute approximate surface area is 280 Å². The summed E-state index contributed by atoms with van der Waals surface area (Å²) >= 11 is 0. The molecule has 0 bridgehead atoms. The first-order valence-electron chi connectivity index (χ1n) is 15.8. The Kier molecular flexibility index (Phi) is 9.99. The molecule has 5 aromatic carbocycles. The third kappa shape index (κ3) is 7.33. The first kappa shape index (κ1) is 32.7. The van der Waals surface area contributed by atoms with Crippen LogP contribution < -0.4 is 10.1 Å². The summed E-state index contributed by atoms with van der Waals surface area (Å²) in [6.45, 7) is 0.399. The van der Waals surface area contributed by atoms with Gasteiger partial charge in [-0.1, -0.05) is 91.0 Å². The molecule has 2 atom stereocenters. The Bertz CT molecular complexity index is 1950. The van der Waals surface area contributed by atoms with E-state index in [0.717, 1.165) is 11.1 Å². The fourth-order valence-electron chi connectivity index (χ4n) is 5.65. The molecule has 1 aliphatic heterocycles. The lowest BCUT2D eigenvalue weighted by Crippen LogP contribution is -2.46. The van der Waals surface area contributed by atoms with E-state index in [-0.39, 0.29) is 29.6 Å². The standard InChI is InChI=1S/C39H36N2O6S/c42-26-10-27-46-34-23-21-32(22-24-34)37-41-39(38(43)40-33-13-6-2-7-14-33,25-28-48(44,45)35-15-8-3-9-16-35)36(47-37)31-19-17-30(18-20-31)29-11-4-1-5-12-29/h1-9,11-24,36,42H,10,25-28H2,(H,40,43)/t36-,39-/m1/s1. The smallest absolute Gasteiger partial charge is 0.256 e. The predicted molar refractivity (Wildman–Crippen MR) is 187 cm³/mol. The number of nitrogens with one attached hydrogen (secondary N) is 1. The number of ether oxygens (including phenoxy) is 2. The Morgan fingerprint density at radius 2 is 1.35 bits per heavy atom. The number of hydrogen-bond acceptors (Lipinski definition) is 7. The quantitative estimate of drug-likeness (QED) is 0.133. The molecular formula is C39H36N2O6S. The van der Waals surface area contributed by atoms with E-state index in [4.69, 9.17) is 19.6 Å². The minimum Gasteiger partial charge on any atom is -0.494 e. The van der Waals surface area contributed by atoms with E-state index in [1.807, 2.05) is 72.8 Å². The third-order valence-corrected chi connectivity index (χ3v) is 9.97. The van der Waals surface area contributed by atoms with Crippen LogP contribution in [0.2, 0.25) is 0 Å². The number of aliphatic imine (C=N–C) groups is 1. The minimum absolute atomic E-state index is 0.0313. The van der Waals surface area contributed by atoms with E-state index in [1.165, 1.54) is 0 Å². The maximum Gasteiger partial charge on any atom is 0.256 e. The first-order chi connectivity index (χ1) is 23.4. The number of hydrogen-bond donors (Lipinski definition) is 2. The van der Waals surface area contributed by atoms with Gasteiger partial charge in [0.25, 0.3) is 5.91 Å². The summed E-state index contributed by atoms with van der Waals surface area (Å²) in [5.41, 5.74) is 2.22. The van der Waals surface area contributed by atoms with E-state index in [1.54, 1.807) is 66.7 Å². The van der Waals surface area contributed by atoms with Crippen molar-refractivity contribution in [2.45, 2.75) is 29.4 Å². The molecule has 244 valence electrons. The van der Waals surface area contributed by atoms with Gasteiger partial charge in [0, 0.05) is 30.7 Å². The van der Waals surface area contributed by atoms with Crippen LogP contribution in [-0.4, -0.2) is 49.8 Å². The summed E-state index contributed by atoms with van der Waals surface area (Å²) in [7, 11) is -3.78. The molecule has 0 fully saturated rings. The number of nitrogens with zero attached hydrogens (tertiary/aromatic N) is 1. The maximum absolute atomic E-state index is 14.5. The molecule has 6 rings (SSSR count). The van der Waals surface area contributed by atoms with Gasteiger partial charge in [-0.2, -0.15) is 0 Å². The van der Waals surface area contributed by atoms with Gasteiger partial charge in [-0.15, -0.1) is 0 Å². The number of aliphatic hydroxyl groups excluding tert-OH is 1. The molecule has 0 aromatic heterocycles. The molecule has 0 saturated heterocycles. The second-order valence-electron chi connectivity index (χ2n) is 11.5. The van der Waals surface area contributed by atoms with Crippen molar-refractivity contribution in [1.82, 2.24) is 0 Å². The van der Waals surface area contributed by atoms with Gasteiger partial charge < -0.3 is 19.9 Å². The number of anilines is 1. The topological polar surface area (TPSA) is 114 Å². The number of para-hydroxylation sites is 1. The predicted octanol–water partition coefficient (Wildman–Crippen LogP) is 6.87. The molecule has 2 N–H and O–H groups in total. The number of carbonyl (C=O) groups excluding carboxylic acids is 1. The number of sulfone groups is 1. The molecule has 48 heavy (non-hydrogen) atoms. The van der Waals surface area contributed by atoms with E-state index in [0.29, 0.717) is 35.6 Å². The van der Waals surface area contributed by atoms with Crippen LogP contribution >= 0.6 is 0 Å². The molecule has 1 amide bonds. The average molecular weight is 661 g/mol. The Hall–Kier alpha value is -5.25. The Morgan fingerprint density at radius 1 is 0.771 bits per heavy atom. The molecule has 0 saturated carbocycles. The van der Waals surface area contributed by atoms with Crippen LogP contribution in [-0.2, 0) is 19.4 Å². The van der Waals surface area contributed by atoms with Crippen molar-refractivity contribution >= 4 is 27.3 Å². The van der Waals surface area contributed by atoms with E-state index in [2.05, 4.69) is 5.32 Å². The number of amides is 1. The van der Waals surface area contributed by atoms with Crippen LogP contribution in [0.15, 0.2) is 149 Å². The fourth-order valence-corrected chi connectivity index (χ4v) is 7.04. The first-order valence-corrected chi connectivity index (χ1v) is 17.4. The highest BCUT2D eigenvalue weighted by Gasteiger charge is 2.53. The van der Waals surface area contributed by atoms with Crippen molar-refractivity contribution in [2.75, 3.05) is 24.3 Å². The van der Waals surface area contributed by atoms with E-state index in [9.17, 15) is 13.2 Å². The summed E-state index contributed by atoms with van der Waals surface area (Å²) < 4.78 is 39.5. The Morgan fingerprint density at radius 3 is 2.00 bits per heavy atom. The van der Waals surface area contributed by atoms with Crippen LogP contribution in [0.25, 0.3) is 11.1 Å². The van der Waals surface area contributed by atoms with Gasteiger partial charge in [0.1, 0.15) is 5.75 Å². The molecule has 1 aliphatic rings. The van der Waals surface area contributed by atoms with Crippen LogP contribution in [0.5, 0.6) is 5.75 Å². The highest BCUT2D eigenvalue weighted by atomic mass is 32.2. The van der Waals surface area contributed by atoms with Gasteiger partial charge in [0.15, 0.2) is 21.5 Å². The number of benzene rings is 5. The van der Waals surface area contributed by atoms with Gasteiger partial charge in [0.05, 0.1) is 17.3 Å². The van der Waals surface area contributed by atoms with Crippen LogP contribution in [0.1, 0.15) is 30.1 Å². The fraction of sp³-hybridized carbons (Fsp3) is 0.179. The van der Waals surface area contributed by atoms with Crippen molar-refractivity contribution in [3.8, 4) is 16.9 Å². The van der Waals surface area contributed by atoms with Gasteiger partial charge in [-0.05, 0) is 65.2 Å². The number of carbonyl (C=O) groups is 1. The highest BCUT2D eigenvalue weighted by Crippen LogP contribution is 2.44. The molecule has 0 unspecified atom stereocenters. The summed E-state index contributed by atoms with van der Waals surface area (Å²) in [6.07, 6.45) is -0.569. The molecule has 0 spiro atoms. The molecule has 0 aliphatic carbocycles. The zero-order valence-corrected chi connectivity index (χ0v) is 27.1. The maximum atomic E-state index is 14.5. The molecule has 9 heteroatoms. The summed E-state index contributed by atoms with van der Waals surface area (Å²) in [5.74, 6) is 0.0126. The summed E-state index contributed by atoms with van der Waals surface area (Å²) in [5, 5.41) is 12.1. The largest absolute Gasteiger partial charge is 0.494 e. The Balaban J connectivity index is 1.42. The van der Waals surface area contributed by atoms with Crippen molar-refractivity contribution in [2.24, 2.45) is 4.99 Å². The molecule has 1 heterocycles. The lowest BCUT2D eigenvalue weighted by Gasteiger charge is -2.30. The van der Waals surface area contributed by atoms with Gasteiger partial charge in [-0.3, -0.25) is 4.79 Å². The van der Waals surface area contributed by atoms with E-state index < -0.39 is 27.4 Å².